The number of thiophene rings is 1. The molecule has 2 aliphatic heterocycles. The number of amides is 1. The molecular weight excluding hydrogens is 490 g/mol. The van der Waals surface area contributed by atoms with Crippen LogP contribution in [0.1, 0.15) is 42.4 Å². The Balaban J connectivity index is 1.72. The topological polar surface area (TPSA) is 104 Å². The molecule has 1 saturated heterocycles. The zero-order chi connectivity index (χ0) is 26.3. The van der Waals surface area contributed by atoms with Crippen LogP contribution in [-0.2, 0) is 11.3 Å². The Hall–Kier alpha value is -3.63. The molecule has 0 saturated carbocycles. The fourth-order valence-electron chi connectivity index (χ4n) is 4.83. The molecule has 0 bridgehead atoms. The third-order valence-corrected chi connectivity index (χ3v) is 7.31. The average Bonchev–Trinajstić information content (AvgIpc) is 3.54. The molecule has 1 amide bonds. The highest BCUT2D eigenvalue weighted by Gasteiger charge is 2.39. The molecule has 0 spiro atoms. The van der Waals surface area contributed by atoms with E-state index in [1.165, 1.54) is 0 Å². The summed E-state index contributed by atoms with van der Waals surface area (Å²) >= 11 is 1.57. The van der Waals surface area contributed by atoms with Crippen molar-refractivity contribution >= 4 is 23.0 Å². The lowest BCUT2D eigenvalue weighted by Crippen LogP contribution is -2.55. The second-order valence-electron chi connectivity index (χ2n) is 9.73. The van der Waals surface area contributed by atoms with Gasteiger partial charge in [0, 0.05) is 47.4 Å². The minimum Gasteiger partial charge on any atom is -0.496 e. The molecule has 5 rings (SSSR count). The number of nitrogens with zero attached hydrogens (tertiary/aromatic N) is 4. The number of aromatic nitrogens is 2. The van der Waals surface area contributed by atoms with Crippen molar-refractivity contribution in [3.05, 3.63) is 57.6 Å². The first-order chi connectivity index (χ1) is 17.7. The van der Waals surface area contributed by atoms with Gasteiger partial charge in [-0.3, -0.25) is 9.79 Å². The molecule has 0 aliphatic carbocycles. The van der Waals surface area contributed by atoms with E-state index in [2.05, 4.69) is 4.99 Å². The quantitative estimate of drug-likeness (QED) is 0.509. The van der Waals surface area contributed by atoms with Gasteiger partial charge in [0.1, 0.15) is 18.1 Å². The minimum atomic E-state index is -0.443. The number of hydrogen-bond donors (Lipinski definition) is 1. The maximum Gasteiger partial charge on any atom is 0.275 e. The number of benzene rings is 1. The normalized spacial score (nSPS) is 17.2. The number of fused-ring (bicyclic) bond motifs is 3. The van der Waals surface area contributed by atoms with E-state index in [9.17, 15) is 4.79 Å². The van der Waals surface area contributed by atoms with E-state index in [-0.39, 0.29) is 12.5 Å². The van der Waals surface area contributed by atoms with Gasteiger partial charge in [-0.2, -0.15) is 16.4 Å². The summed E-state index contributed by atoms with van der Waals surface area (Å²) in [4.78, 5) is 20.2. The molecule has 2 N–H and O–H groups in total. The van der Waals surface area contributed by atoms with Gasteiger partial charge in [0.15, 0.2) is 5.69 Å². The molecule has 2 aliphatic rings. The van der Waals surface area contributed by atoms with Gasteiger partial charge in [0.2, 0.25) is 0 Å². The predicted molar refractivity (Wildman–Crippen MR) is 144 cm³/mol. The van der Waals surface area contributed by atoms with E-state index in [1.54, 1.807) is 31.6 Å². The Kier molecular flexibility index (Phi) is 6.55. The smallest absolute Gasteiger partial charge is 0.275 e. The lowest BCUT2D eigenvalue weighted by molar-refractivity contribution is -0.0374. The monoisotopic (exact) mass is 521 g/mol. The number of morpholine rings is 1. The number of allylic oxidation sites excluding steroid dienone is 2. The van der Waals surface area contributed by atoms with E-state index >= 15 is 0 Å². The maximum atomic E-state index is 13.9. The largest absolute Gasteiger partial charge is 0.496 e. The van der Waals surface area contributed by atoms with Crippen LogP contribution >= 0.6 is 11.3 Å². The van der Waals surface area contributed by atoms with Crippen molar-refractivity contribution in [2.24, 2.45) is 10.7 Å². The lowest BCUT2D eigenvalue weighted by atomic mass is 9.96. The van der Waals surface area contributed by atoms with Crippen LogP contribution in [0.5, 0.6) is 11.5 Å². The number of ether oxygens (including phenoxy) is 3. The van der Waals surface area contributed by atoms with Gasteiger partial charge in [0.25, 0.3) is 5.91 Å². The zero-order valence-corrected chi connectivity index (χ0v) is 22.5. The van der Waals surface area contributed by atoms with Gasteiger partial charge < -0.3 is 24.8 Å². The van der Waals surface area contributed by atoms with Crippen LogP contribution < -0.4 is 15.2 Å². The number of nitrogens with two attached hydrogens (primary N) is 1. The number of rotatable bonds is 5. The Morgan fingerprint density at radius 3 is 2.81 bits per heavy atom. The van der Waals surface area contributed by atoms with Gasteiger partial charge in [-0.25, -0.2) is 4.68 Å². The van der Waals surface area contributed by atoms with Gasteiger partial charge in [-0.1, -0.05) is 0 Å². The first-order valence-electron chi connectivity index (χ1n) is 12.1. The van der Waals surface area contributed by atoms with E-state index in [1.807, 2.05) is 59.3 Å². The van der Waals surface area contributed by atoms with Gasteiger partial charge in [-0.15, -0.1) is 0 Å². The number of aliphatic imine (C=N–C) groups is 1. The number of methoxy groups -OCH3 is 1. The standard InChI is InChI=1S/C27H31N5O4S/c1-16(28)10-21(29-4)18-11-19-23(12-22(18)34-5)36-13-20-24(26(33)31-7-8-35-15-27(31,2)3)30-32(25(19)20)17-6-9-37-14-17/h6,9-12,14H,7-8,13,15,28H2,1-5H3. The van der Waals surface area contributed by atoms with E-state index < -0.39 is 5.54 Å². The molecule has 0 atom stereocenters. The third-order valence-electron chi connectivity index (χ3n) is 6.64. The average molecular weight is 522 g/mol. The number of carbonyl (C=O) groups excluding carboxylic acids is 1. The van der Waals surface area contributed by atoms with Crippen molar-refractivity contribution in [2.75, 3.05) is 33.9 Å². The zero-order valence-electron chi connectivity index (χ0n) is 21.7. The van der Waals surface area contributed by atoms with E-state index in [4.69, 9.17) is 25.0 Å². The van der Waals surface area contributed by atoms with Crippen LogP contribution in [0.3, 0.4) is 0 Å². The first-order valence-corrected chi connectivity index (χ1v) is 13.0. The second-order valence-corrected chi connectivity index (χ2v) is 10.5. The van der Waals surface area contributed by atoms with Crippen LogP contribution in [0, 0.1) is 0 Å². The fraction of sp³-hybridized carbons (Fsp3) is 0.370. The highest BCUT2D eigenvalue weighted by molar-refractivity contribution is 7.08. The van der Waals surface area contributed by atoms with Crippen LogP contribution in [0.15, 0.2) is 45.7 Å². The second kappa shape index (κ2) is 9.68. The van der Waals surface area contributed by atoms with Gasteiger partial charge >= 0.3 is 0 Å². The summed E-state index contributed by atoms with van der Waals surface area (Å²) in [6.07, 6.45) is 1.81. The molecule has 3 aromatic rings. The van der Waals surface area contributed by atoms with Crippen LogP contribution in [0.25, 0.3) is 16.9 Å². The van der Waals surface area contributed by atoms with Crippen LogP contribution in [-0.4, -0.2) is 65.8 Å². The number of carbonyl (C=O) groups is 1. The molecular formula is C27H31N5O4S. The minimum absolute atomic E-state index is 0.128. The summed E-state index contributed by atoms with van der Waals surface area (Å²) in [7, 11) is 3.33. The fourth-order valence-corrected chi connectivity index (χ4v) is 5.44. The summed E-state index contributed by atoms with van der Waals surface area (Å²) in [6.45, 7) is 7.53. The van der Waals surface area contributed by atoms with Crippen LogP contribution in [0.2, 0.25) is 0 Å². The predicted octanol–water partition coefficient (Wildman–Crippen LogP) is 4.03. The summed E-state index contributed by atoms with van der Waals surface area (Å²) in [6, 6.07) is 5.82. The van der Waals surface area contributed by atoms with Crippen LogP contribution in [0.4, 0.5) is 0 Å². The molecule has 4 heterocycles. The molecule has 0 unspecified atom stereocenters. The molecule has 1 fully saturated rings. The Morgan fingerprint density at radius 1 is 1.35 bits per heavy atom. The summed E-state index contributed by atoms with van der Waals surface area (Å²) in [5, 5.41) is 8.88. The SMILES string of the molecule is CN=C(C=C(C)N)c1cc2c(cc1OC)OCc1c(C(=O)N3CCOCC3(C)C)nn(-c3ccsc3)c1-2. The highest BCUT2D eigenvalue weighted by Crippen LogP contribution is 2.44. The van der Waals surface area contributed by atoms with Crippen molar-refractivity contribution < 1.29 is 19.0 Å². The summed E-state index contributed by atoms with van der Waals surface area (Å²) in [5.41, 5.74) is 11.3. The van der Waals surface area contributed by atoms with Crippen molar-refractivity contribution in [3.8, 4) is 28.4 Å². The summed E-state index contributed by atoms with van der Waals surface area (Å²) < 4.78 is 19.4. The molecule has 10 heteroatoms. The molecule has 1 aromatic carbocycles. The molecule has 37 heavy (non-hydrogen) atoms. The first kappa shape index (κ1) is 25.0. The van der Waals surface area contributed by atoms with Crippen molar-refractivity contribution in [2.45, 2.75) is 32.9 Å². The lowest BCUT2D eigenvalue weighted by Gasteiger charge is -2.41. The summed E-state index contributed by atoms with van der Waals surface area (Å²) in [5.74, 6) is 1.14. The van der Waals surface area contributed by atoms with Crippen molar-refractivity contribution in [1.29, 1.82) is 0 Å². The van der Waals surface area contributed by atoms with Gasteiger partial charge in [0.05, 0.1) is 43.0 Å². The molecule has 9 nitrogen and oxygen atoms in total. The number of hydrogen-bond acceptors (Lipinski definition) is 8. The third kappa shape index (κ3) is 4.40. The molecule has 0 radical (unpaired) electrons. The molecule has 194 valence electrons. The Morgan fingerprint density at radius 2 is 2.16 bits per heavy atom. The van der Waals surface area contributed by atoms with Gasteiger partial charge in [-0.05, 0) is 44.4 Å². The Labute approximate surface area is 220 Å². The van der Waals surface area contributed by atoms with E-state index in [0.717, 1.165) is 28.1 Å². The van der Waals surface area contributed by atoms with Crippen molar-refractivity contribution in [1.82, 2.24) is 14.7 Å². The van der Waals surface area contributed by atoms with Crippen molar-refractivity contribution in [3.63, 3.8) is 0 Å². The maximum absolute atomic E-state index is 13.9. The van der Waals surface area contributed by atoms with E-state index in [0.29, 0.717) is 48.4 Å². The highest BCUT2D eigenvalue weighted by atomic mass is 32.1. The molecule has 2 aromatic heterocycles. The Bertz CT molecular complexity index is 1400.